The number of nitrogens with zero attached hydrogens (tertiary/aromatic N) is 1. The molecule has 0 radical (unpaired) electrons. The van der Waals surface area contributed by atoms with Gasteiger partial charge in [0, 0.05) is 0 Å². The van der Waals surface area contributed by atoms with E-state index >= 15 is 0 Å². The highest BCUT2D eigenvalue weighted by atomic mass is 16.7. The zero-order valence-electron chi connectivity index (χ0n) is 10.2. The highest BCUT2D eigenvalue weighted by Crippen LogP contribution is 2.31. The van der Waals surface area contributed by atoms with Crippen LogP contribution < -0.4 is 0 Å². The molecule has 2 rings (SSSR count). The summed E-state index contributed by atoms with van der Waals surface area (Å²) in [7, 11) is 0. The molecule has 1 aliphatic heterocycles. The second-order valence-electron chi connectivity index (χ2n) is 4.76. The van der Waals surface area contributed by atoms with Gasteiger partial charge in [-0.1, -0.05) is 6.08 Å². The molecule has 1 aliphatic carbocycles. The number of nitriles is 1. The van der Waals surface area contributed by atoms with E-state index in [9.17, 15) is 15.3 Å². The summed E-state index contributed by atoms with van der Waals surface area (Å²) in [6.45, 7) is -0.528. The highest BCUT2D eigenvalue weighted by molar-refractivity contribution is 5.21. The van der Waals surface area contributed by atoms with Crippen molar-refractivity contribution < 1.29 is 29.9 Å². The molecule has 0 amide bonds. The molecule has 1 fully saturated rings. The number of rotatable bonds is 3. The SMILES string of the molecule is N#CC1(O[C@@H]2O[C@H](CO)[C@@H](O)[C@H](O)[C@H]2O)C=CCC1. The Bertz CT molecular complexity index is 392. The van der Waals surface area contributed by atoms with Crippen LogP contribution in [0.5, 0.6) is 0 Å². The molecular formula is C12H17NO6. The first-order valence-electron chi connectivity index (χ1n) is 6.10. The molecule has 6 atom stereocenters. The Morgan fingerprint density at radius 3 is 2.58 bits per heavy atom. The third-order valence-corrected chi connectivity index (χ3v) is 3.43. The second-order valence-corrected chi connectivity index (χ2v) is 4.76. The van der Waals surface area contributed by atoms with E-state index in [1.807, 2.05) is 6.07 Å². The average molecular weight is 271 g/mol. The summed E-state index contributed by atoms with van der Waals surface area (Å²) < 4.78 is 10.7. The van der Waals surface area contributed by atoms with Gasteiger partial charge in [-0.3, -0.25) is 0 Å². The van der Waals surface area contributed by atoms with Gasteiger partial charge in [0.2, 0.25) is 0 Å². The number of hydrogen-bond acceptors (Lipinski definition) is 7. The number of hydrogen-bond donors (Lipinski definition) is 4. The zero-order valence-corrected chi connectivity index (χ0v) is 10.2. The molecule has 0 aromatic carbocycles. The van der Waals surface area contributed by atoms with E-state index in [2.05, 4.69) is 0 Å². The fourth-order valence-electron chi connectivity index (χ4n) is 2.24. The second kappa shape index (κ2) is 5.54. The Labute approximate surface area is 110 Å². The molecule has 0 aromatic heterocycles. The largest absolute Gasteiger partial charge is 0.394 e. The molecule has 4 N–H and O–H groups in total. The average Bonchev–Trinajstić information content (AvgIpc) is 2.89. The van der Waals surface area contributed by atoms with Crippen molar-refractivity contribution in [3.63, 3.8) is 0 Å². The lowest BCUT2D eigenvalue weighted by atomic mass is 9.98. The van der Waals surface area contributed by atoms with Gasteiger partial charge in [-0.25, -0.2) is 0 Å². The Morgan fingerprint density at radius 2 is 2.05 bits per heavy atom. The molecule has 0 saturated carbocycles. The van der Waals surface area contributed by atoms with Gasteiger partial charge >= 0.3 is 0 Å². The summed E-state index contributed by atoms with van der Waals surface area (Å²) >= 11 is 0. The number of aliphatic hydroxyl groups is 4. The molecule has 106 valence electrons. The maximum atomic E-state index is 9.82. The zero-order chi connectivity index (χ0) is 14.0. The van der Waals surface area contributed by atoms with E-state index in [1.165, 1.54) is 0 Å². The lowest BCUT2D eigenvalue weighted by molar-refractivity contribution is -0.315. The first kappa shape index (κ1) is 14.4. The van der Waals surface area contributed by atoms with Crippen molar-refractivity contribution in [1.82, 2.24) is 0 Å². The Kier molecular flexibility index (Phi) is 4.20. The van der Waals surface area contributed by atoms with Crippen LogP contribution >= 0.6 is 0 Å². The Hall–Kier alpha value is -1.01. The standard InChI is InChI=1S/C12H17NO6/c13-6-12(3-1-2-4-12)19-11-10(17)9(16)8(15)7(5-14)18-11/h1,3,7-11,14-17H,2,4-5H2/t7-,8-,9+,10-,11+,12?/m1/s1. The summed E-state index contributed by atoms with van der Waals surface area (Å²) in [5.74, 6) is 0. The highest BCUT2D eigenvalue weighted by Gasteiger charge is 2.47. The summed E-state index contributed by atoms with van der Waals surface area (Å²) in [6, 6.07) is 2.00. The maximum Gasteiger partial charge on any atom is 0.189 e. The van der Waals surface area contributed by atoms with Gasteiger partial charge in [0.05, 0.1) is 6.61 Å². The van der Waals surface area contributed by atoms with Crippen molar-refractivity contribution in [3.8, 4) is 6.07 Å². The minimum Gasteiger partial charge on any atom is -0.394 e. The van der Waals surface area contributed by atoms with Crippen molar-refractivity contribution >= 4 is 0 Å². The minimum atomic E-state index is -1.50. The van der Waals surface area contributed by atoms with Gasteiger partial charge in [-0.2, -0.15) is 5.26 Å². The Balaban J connectivity index is 2.11. The van der Waals surface area contributed by atoms with Crippen molar-refractivity contribution in [2.75, 3.05) is 6.61 Å². The molecular weight excluding hydrogens is 254 g/mol. The van der Waals surface area contributed by atoms with Crippen LogP contribution in [0.1, 0.15) is 12.8 Å². The van der Waals surface area contributed by atoms with Crippen LogP contribution in [0.4, 0.5) is 0 Å². The van der Waals surface area contributed by atoms with E-state index in [1.54, 1.807) is 12.2 Å². The van der Waals surface area contributed by atoms with Gasteiger partial charge < -0.3 is 29.9 Å². The molecule has 7 nitrogen and oxygen atoms in total. The summed E-state index contributed by atoms with van der Waals surface area (Å²) in [6.07, 6.45) is -2.28. The quantitative estimate of drug-likeness (QED) is 0.456. The number of allylic oxidation sites excluding steroid dienone is 1. The topological polar surface area (TPSA) is 123 Å². The van der Waals surface area contributed by atoms with Crippen molar-refractivity contribution in [3.05, 3.63) is 12.2 Å². The number of ether oxygens (including phenoxy) is 2. The van der Waals surface area contributed by atoms with E-state index < -0.39 is 42.9 Å². The third kappa shape index (κ3) is 2.65. The minimum absolute atomic E-state index is 0.429. The molecule has 1 unspecified atom stereocenters. The van der Waals surface area contributed by atoms with Gasteiger partial charge in [0.1, 0.15) is 30.5 Å². The smallest absolute Gasteiger partial charge is 0.189 e. The molecule has 0 bridgehead atoms. The Morgan fingerprint density at radius 1 is 1.32 bits per heavy atom. The van der Waals surface area contributed by atoms with Gasteiger partial charge in [-0.05, 0) is 18.9 Å². The molecule has 2 aliphatic rings. The molecule has 0 spiro atoms. The third-order valence-electron chi connectivity index (χ3n) is 3.43. The fraction of sp³-hybridized carbons (Fsp3) is 0.750. The van der Waals surface area contributed by atoms with E-state index in [0.29, 0.717) is 12.8 Å². The molecule has 1 heterocycles. The molecule has 7 heteroatoms. The lowest BCUT2D eigenvalue weighted by Crippen LogP contribution is -2.60. The molecule has 19 heavy (non-hydrogen) atoms. The normalized spacial score (nSPS) is 46.2. The van der Waals surface area contributed by atoms with E-state index in [0.717, 1.165) is 0 Å². The van der Waals surface area contributed by atoms with Gasteiger partial charge in [-0.15, -0.1) is 0 Å². The fourth-order valence-corrected chi connectivity index (χ4v) is 2.24. The van der Waals surface area contributed by atoms with Crippen LogP contribution in [0.15, 0.2) is 12.2 Å². The predicted octanol–water partition coefficient (Wildman–Crippen LogP) is -1.58. The number of aliphatic hydroxyl groups excluding tert-OH is 4. The van der Waals surface area contributed by atoms with Crippen LogP contribution in [0.25, 0.3) is 0 Å². The van der Waals surface area contributed by atoms with Crippen molar-refractivity contribution in [2.24, 2.45) is 0 Å². The monoisotopic (exact) mass is 271 g/mol. The van der Waals surface area contributed by atoms with Crippen LogP contribution in [0, 0.1) is 11.3 Å². The van der Waals surface area contributed by atoms with Crippen LogP contribution in [-0.4, -0.2) is 63.3 Å². The molecule has 0 aromatic rings. The summed E-state index contributed by atoms with van der Waals surface area (Å²) in [5.41, 5.74) is -1.20. The van der Waals surface area contributed by atoms with Crippen LogP contribution in [0.2, 0.25) is 0 Å². The summed E-state index contributed by atoms with van der Waals surface area (Å²) in [5, 5.41) is 47.3. The van der Waals surface area contributed by atoms with Crippen molar-refractivity contribution in [2.45, 2.75) is 49.1 Å². The first-order valence-corrected chi connectivity index (χ1v) is 6.10. The van der Waals surface area contributed by atoms with Gasteiger partial charge in [0.15, 0.2) is 11.9 Å². The van der Waals surface area contributed by atoms with Crippen LogP contribution in [0.3, 0.4) is 0 Å². The first-order chi connectivity index (χ1) is 9.03. The predicted molar refractivity (Wildman–Crippen MR) is 61.6 cm³/mol. The van der Waals surface area contributed by atoms with E-state index in [-0.39, 0.29) is 0 Å². The summed E-state index contributed by atoms with van der Waals surface area (Å²) in [4.78, 5) is 0. The molecule has 1 saturated heterocycles. The lowest BCUT2D eigenvalue weighted by Gasteiger charge is -2.41. The van der Waals surface area contributed by atoms with Gasteiger partial charge in [0.25, 0.3) is 0 Å². The van der Waals surface area contributed by atoms with Crippen molar-refractivity contribution in [1.29, 1.82) is 5.26 Å². The van der Waals surface area contributed by atoms with Crippen LogP contribution in [-0.2, 0) is 9.47 Å². The van der Waals surface area contributed by atoms with E-state index in [4.69, 9.17) is 19.8 Å². The maximum absolute atomic E-state index is 9.82.